The van der Waals surface area contributed by atoms with Gasteiger partial charge in [0, 0.05) is 57.2 Å². The Kier molecular flexibility index (Phi) is 7.71. The van der Waals surface area contributed by atoms with Crippen molar-refractivity contribution in [3.05, 3.63) is 52.0 Å². The summed E-state index contributed by atoms with van der Waals surface area (Å²) < 4.78 is 0. The molecule has 3 N–H and O–H groups in total. The van der Waals surface area contributed by atoms with Gasteiger partial charge in [-0.1, -0.05) is 23.2 Å². The number of nitrogens with zero attached hydrogens (tertiary/aromatic N) is 3. The second-order valence-corrected chi connectivity index (χ2v) is 8.77. The largest absolute Gasteiger partial charge is 0.398 e. The average Bonchev–Trinajstić information content (AvgIpc) is 2.80. The minimum Gasteiger partial charge on any atom is -0.398 e. The molecule has 0 radical (unpaired) electrons. The fourth-order valence-corrected chi connectivity index (χ4v) is 3.96. The summed E-state index contributed by atoms with van der Waals surface area (Å²) in [6.07, 6.45) is 0. The fourth-order valence-electron chi connectivity index (χ4n) is 3.66. The van der Waals surface area contributed by atoms with Gasteiger partial charge in [0.25, 0.3) is 5.91 Å². The molecule has 1 aliphatic heterocycles. The van der Waals surface area contributed by atoms with E-state index in [0.29, 0.717) is 53.2 Å². The third-order valence-corrected chi connectivity index (χ3v) is 6.45. The first-order chi connectivity index (χ1) is 15.6. The zero-order valence-electron chi connectivity index (χ0n) is 18.8. The molecule has 1 saturated heterocycles. The summed E-state index contributed by atoms with van der Waals surface area (Å²) in [5.41, 5.74) is 8.06. The maximum absolute atomic E-state index is 12.9. The molecule has 3 rings (SSSR count). The summed E-state index contributed by atoms with van der Waals surface area (Å²) in [6.45, 7) is 5.72. The van der Waals surface area contributed by atoms with Crippen molar-refractivity contribution in [3.8, 4) is 0 Å². The molecule has 0 aliphatic carbocycles. The molecule has 0 bridgehead atoms. The van der Waals surface area contributed by atoms with Crippen LogP contribution in [0.3, 0.4) is 0 Å². The van der Waals surface area contributed by atoms with Crippen LogP contribution >= 0.6 is 23.2 Å². The van der Waals surface area contributed by atoms with E-state index in [1.165, 1.54) is 4.90 Å². The Bertz CT molecular complexity index is 1070. The number of piperazine rings is 1. The third-order valence-electron chi connectivity index (χ3n) is 5.71. The minimum atomic E-state index is -0.806. The van der Waals surface area contributed by atoms with Crippen LogP contribution in [0.15, 0.2) is 36.4 Å². The Morgan fingerprint density at radius 2 is 1.70 bits per heavy atom. The van der Waals surface area contributed by atoms with Gasteiger partial charge in [-0.25, -0.2) is 0 Å². The molecular weight excluding hydrogens is 465 g/mol. The first-order valence-electron chi connectivity index (χ1n) is 10.5. The van der Waals surface area contributed by atoms with Crippen LogP contribution in [0.1, 0.15) is 24.2 Å². The molecule has 1 atom stereocenters. The summed E-state index contributed by atoms with van der Waals surface area (Å²) in [6, 6.07) is 9.30. The van der Waals surface area contributed by atoms with Crippen molar-refractivity contribution >= 4 is 58.0 Å². The van der Waals surface area contributed by atoms with Crippen LogP contribution in [0.5, 0.6) is 0 Å². The van der Waals surface area contributed by atoms with E-state index in [1.54, 1.807) is 56.1 Å². The molecule has 2 aromatic rings. The van der Waals surface area contributed by atoms with Gasteiger partial charge in [-0.3, -0.25) is 14.4 Å². The lowest BCUT2D eigenvalue weighted by molar-refractivity contribution is -0.129. The molecule has 176 valence electrons. The molecule has 10 heteroatoms. The highest BCUT2D eigenvalue weighted by Crippen LogP contribution is 2.27. The molecule has 3 amide bonds. The Morgan fingerprint density at radius 3 is 2.30 bits per heavy atom. The molecule has 1 unspecified atom stereocenters. The van der Waals surface area contributed by atoms with Crippen molar-refractivity contribution in [2.45, 2.75) is 19.9 Å². The van der Waals surface area contributed by atoms with Crippen molar-refractivity contribution in [2.75, 3.05) is 48.8 Å². The van der Waals surface area contributed by atoms with E-state index in [0.717, 1.165) is 5.69 Å². The van der Waals surface area contributed by atoms with E-state index in [4.69, 9.17) is 28.9 Å². The van der Waals surface area contributed by atoms with Crippen LogP contribution in [0.4, 0.5) is 17.1 Å². The van der Waals surface area contributed by atoms with Crippen LogP contribution in [0.25, 0.3) is 0 Å². The first-order valence-corrected chi connectivity index (χ1v) is 11.3. The van der Waals surface area contributed by atoms with E-state index in [1.807, 2.05) is 6.07 Å². The Morgan fingerprint density at radius 1 is 1.03 bits per heavy atom. The smallest absolute Gasteiger partial charge is 0.254 e. The summed E-state index contributed by atoms with van der Waals surface area (Å²) >= 11 is 12.0. The monoisotopic (exact) mass is 491 g/mol. The van der Waals surface area contributed by atoms with Crippen molar-refractivity contribution < 1.29 is 14.4 Å². The Hall–Kier alpha value is -2.97. The van der Waals surface area contributed by atoms with E-state index in [9.17, 15) is 14.4 Å². The second kappa shape index (κ2) is 10.3. The van der Waals surface area contributed by atoms with E-state index in [2.05, 4.69) is 10.2 Å². The molecular formula is C23H27Cl2N5O3. The van der Waals surface area contributed by atoms with Gasteiger partial charge in [0.15, 0.2) is 0 Å². The quantitative estimate of drug-likeness (QED) is 0.626. The van der Waals surface area contributed by atoms with Crippen molar-refractivity contribution in [1.82, 2.24) is 10.2 Å². The maximum atomic E-state index is 12.9. The van der Waals surface area contributed by atoms with Gasteiger partial charge in [0.05, 0.1) is 15.6 Å². The molecule has 1 fully saturated rings. The summed E-state index contributed by atoms with van der Waals surface area (Å²) in [4.78, 5) is 42.6. The molecule has 33 heavy (non-hydrogen) atoms. The number of halogens is 2. The average molecular weight is 492 g/mol. The fraction of sp³-hybridized carbons (Fsp3) is 0.348. The molecule has 0 aromatic heterocycles. The summed E-state index contributed by atoms with van der Waals surface area (Å²) in [5.74, 6) is -0.714. The van der Waals surface area contributed by atoms with Gasteiger partial charge in [-0.15, -0.1) is 0 Å². The predicted octanol–water partition coefficient (Wildman–Crippen LogP) is 3.03. The van der Waals surface area contributed by atoms with Gasteiger partial charge in [0.1, 0.15) is 6.04 Å². The molecule has 8 nitrogen and oxygen atoms in total. The molecule has 2 aromatic carbocycles. The van der Waals surface area contributed by atoms with Gasteiger partial charge < -0.3 is 25.8 Å². The highest BCUT2D eigenvalue weighted by Gasteiger charge is 2.24. The SMILES string of the molecule is CC(=O)N1CCN(c2ccc(N)c(C(=O)NC(C)C(=O)N(C)c3ccc(Cl)c(Cl)c3)c2)CC1. The van der Waals surface area contributed by atoms with Crippen molar-refractivity contribution in [1.29, 1.82) is 0 Å². The topological polar surface area (TPSA) is 99.0 Å². The van der Waals surface area contributed by atoms with Crippen LogP contribution < -0.4 is 20.9 Å². The standard InChI is InChI=1S/C23H27Cl2N5O3/c1-14(23(33)28(3)16-4-6-19(24)20(25)13-16)27-22(32)18-12-17(5-7-21(18)26)30-10-8-29(9-11-30)15(2)31/h4-7,12-14H,8-11,26H2,1-3H3,(H,27,32). The second-order valence-electron chi connectivity index (χ2n) is 7.96. The highest BCUT2D eigenvalue weighted by molar-refractivity contribution is 6.42. The number of anilines is 3. The summed E-state index contributed by atoms with van der Waals surface area (Å²) in [7, 11) is 1.60. The van der Waals surface area contributed by atoms with Crippen LogP contribution in [-0.4, -0.2) is 61.9 Å². The Balaban J connectivity index is 1.69. The third kappa shape index (κ3) is 5.69. The number of carbonyl (C=O) groups excluding carboxylic acids is 3. The van der Waals surface area contributed by atoms with E-state index < -0.39 is 11.9 Å². The lowest BCUT2D eigenvalue weighted by Gasteiger charge is -2.35. The minimum absolute atomic E-state index is 0.0523. The lowest BCUT2D eigenvalue weighted by atomic mass is 10.1. The van der Waals surface area contributed by atoms with E-state index >= 15 is 0 Å². The number of hydrogen-bond acceptors (Lipinski definition) is 5. The van der Waals surface area contributed by atoms with Crippen molar-refractivity contribution in [2.24, 2.45) is 0 Å². The lowest BCUT2D eigenvalue weighted by Crippen LogP contribution is -2.48. The maximum Gasteiger partial charge on any atom is 0.254 e. The number of rotatable bonds is 5. The summed E-state index contributed by atoms with van der Waals surface area (Å²) in [5, 5.41) is 3.45. The first kappa shape index (κ1) is 24.7. The molecule has 1 aliphatic rings. The molecule has 0 spiro atoms. The van der Waals surface area contributed by atoms with Gasteiger partial charge in [-0.2, -0.15) is 0 Å². The van der Waals surface area contributed by atoms with E-state index in [-0.39, 0.29) is 11.8 Å². The molecule has 0 saturated carbocycles. The number of hydrogen-bond donors (Lipinski definition) is 2. The Labute approximate surface area is 203 Å². The van der Waals surface area contributed by atoms with Crippen LogP contribution in [0, 0.1) is 0 Å². The van der Waals surface area contributed by atoms with Gasteiger partial charge >= 0.3 is 0 Å². The number of benzene rings is 2. The number of amides is 3. The zero-order chi connectivity index (χ0) is 24.3. The number of nitrogens with two attached hydrogens (primary N) is 1. The number of carbonyl (C=O) groups is 3. The number of nitrogens with one attached hydrogen (secondary N) is 1. The number of likely N-dealkylation sites (N-methyl/N-ethyl adjacent to an activating group) is 1. The number of nitrogen functional groups attached to an aromatic ring is 1. The normalized spacial score (nSPS) is 14.6. The highest BCUT2D eigenvalue weighted by atomic mass is 35.5. The zero-order valence-corrected chi connectivity index (χ0v) is 20.3. The van der Waals surface area contributed by atoms with Crippen LogP contribution in [0.2, 0.25) is 10.0 Å². The van der Waals surface area contributed by atoms with Gasteiger partial charge in [-0.05, 0) is 43.3 Å². The molecule has 1 heterocycles. The van der Waals surface area contributed by atoms with Crippen molar-refractivity contribution in [3.63, 3.8) is 0 Å². The predicted molar refractivity (Wildman–Crippen MR) is 132 cm³/mol. The van der Waals surface area contributed by atoms with Crippen LogP contribution in [-0.2, 0) is 9.59 Å². The van der Waals surface area contributed by atoms with Gasteiger partial charge in [0.2, 0.25) is 11.8 Å².